The molecule has 0 radical (unpaired) electrons. The first kappa shape index (κ1) is 20.9. The van der Waals surface area contributed by atoms with Crippen LogP contribution in [0.1, 0.15) is 11.3 Å². The predicted molar refractivity (Wildman–Crippen MR) is 129 cm³/mol. The molecule has 33 heavy (non-hydrogen) atoms. The maximum Gasteiger partial charge on any atom is 0.246 e. The number of carbonyl (C=O) groups excluding carboxylic acids is 1. The average Bonchev–Trinajstić information content (AvgIpc) is 3.38. The third-order valence-corrected chi connectivity index (χ3v) is 5.57. The van der Waals surface area contributed by atoms with Gasteiger partial charge in [-0.25, -0.2) is 9.67 Å². The van der Waals surface area contributed by atoms with Crippen molar-refractivity contribution in [1.29, 1.82) is 0 Å². The Balaban J connectivity index is 1.31. The number of carbonyl (C=O) groups is 1. The topological polar surface area (TPSA) is 77.6 Å². The molecule has 0 aliphatic rings. The summed E-state index contributed by atoms with van der Waals surface area (Å²) < 4.78 is 3.42. The summed E-state index contributed by atoms with van der Waals surface area (Å²) in [5, 5.41) is 13.3. The summed E-state index contributed by atoms with van der Waals surface area (Å²) in [6.07, 6.45) is 5.13. The monoisotopic (exact) mass is 456 g/mol. The summed E-state index contributed by atoms with van der Waals surface area (Å²) in [7, 11) is 0. The Hall–Kier alpha value is -3.97. The maximum atomic E-state index is 12.7. The summed E-state index contributed by atoms with van der Waals surface area (Å²) in [5.41, 5.74) is 5.45. The van der Waals surface area contributed by atoms with Crippen LogP contribution in [0.5, 0.6) is 0 Å². The lowest BCUT2D eigenvalue weighted by Gasteiger charge is -2.08. The molecule has 1 amide bonds. The minimum Gasteiger partial charge on any atom is -0.324 e. The molecule has 0 bridgehead atoms. The van der Waals surface area contributed by atoms with E-state index in [1.165, 1.54) is 0 Å². The van der Waals surface area contributed by atoms with Gasteiger partial charge in [-0.3, -0.25) is 9.48 Å². The number of rotatable bonds is 6. The summed E-state index contributed by atoms with van der Waals surface area (Å²) >= 11 is 5.91. The van der Waals surface area contributed by atoms with Crippen molar-refractivity contribution in [2.45, 2.75) is 20.0 Å². The van der Waals surface area contributed by atoms with E-state index in [2.05, 4.69) is 32.6 Å². The molecule has 3 aromatic heterocycles. The minimum atomic E-state index is -0.169. The van der Waals surface area contributed by atoms with Gasteiger partial charge in [-0.05, 0) is 41.8 Å². The Morgan fingerprint density at radius 3 is 2.58 bits per heavy atom. The second-order valence-corrected chi connectivity index (χ2v) is 8.20. The molecule has 0 unspecified atom stereocenters. The number of halogens is 1. The first-order chi connectivity index (χ1) is 16.1. The van der Waals surface area contributed by atoms with Gasteiger partial charge in [0.1, 0.15) is 6.54 Å². The van der Waals surface area contributed by atoms with Crippen LogP contribution >= 0.6 is 11.6 Å². The number of nitrogens with one attached hydrogen (secondary N) is 1. The average molecular weight is 457 g/mol. The highest BCUT2D eigenvalue weighted by atomic mass is 35.5. The zero-order valence-electron chi connectivity index (χ0n) is 17.9. The molecule has 2 aromatic carbocycles. The number of nitrogens with zero attached hydrogens (tertiary/aromatic N) is 5. The normalized spacial score (nSPS) is 11.1. The predicted octanol–water partition coefficient (Wildman–Crippen LogP) is 4.94. The Labute approximate surface area is 195 Å². The van der Waals surface area contributed by atoms with Gasteiger partial charge in [0.25, 0.3) is 0 Å². The number of benzene rings is 2. The SMILES string of the molecule is Cc1nn(CC(=O)Nc2ccc(Cn3cc(Cl)cn3)cc2)c2nccc(-c3ccccc3)c12. The van der Waals surface area contributed by atoms with Gasteiger partial charge < -0.3 is 5.32 Å². The second kappa shape index (κ2) is 8.88. The lowest BCUT2D eigenvalue weighted by Crippen LogP contribution is -2.19. The molecular formula is C25H21ClN6O. The molecule has 5 aromatic rings. The van der Waals surface area contributed by atoms with Crippen LogP contribution in [0.25, 0.3) is 22.2 Å². The van der Waals surface area contributed by atoms with Gasteiger partial charge in [-0.15, -0.1) is 0 Å². The van der Waals surface area contributed by atoms with Gasteiger partial charge in [0.05, 0.1) is 23.5 Å². The highest BCUT2D eigenvalue weighted by molar-refractivity contribution is 6.30. The fourth-order valence-corrected chi connectivity index (χ4v) is 4.05. The largest absolute Gasteiger partial charge is 0.324 e. The molecule has 3 heterocycles. The van der Waals surface area contributed by atoms with Crippen molar-refractivity contribution in [1.82, 2.24) is 24.5 Å². The van der Waals surface area contributed by atoms with Gasteiger partial charge in [0.15, 0.2) is 5.65 Å². The molecule has 0 spiro atoms. The van der Waals surface area contributed by atoms with Crippen LogP contribution in [-0.4, -0.2) is 30.5 Å². The molecular weight excluding hydrogens is 436 g/mol. The first-order valence-electron chi connectivity index (χ1n) is 10.5. The molecule has 0 saturated carbocycles. The molecule has 8 heteroatoms. The van der Waals surface area contributed by atoms with E-state index >= 15 is 0 Å². The summed E-state index contributed by atoms with van der Waals surface area (Å²) in [4.78, 5) is 17.2. The molecule has 0 aliphatic carbocycles. The van der Waals surface area contributed by atoms with E-state index in [1.54, 1.807) is 28.0 Å². The molecule has 0 fully saturated rings. The first-order valence-corrected chi connectivity index (χ1v) is 10.9. The van der Waals surface area contributed by atoms with Crippen LogP contribution in [0.4, 0.5) is 5.69 Å². The van der Waals surface area contributed by atoms with Gasteiger partial charge in [-0.1, -0.05) is 54.1 Å². The van der Waals surface area contributed by atoms with Crippen molar-refractivity contribution in [3.05, 3.63) is 95.5 Å². The number of aryl methyl sites for hydroxylation is 1. The molecule has 5 rings (SSSR count). The fraction of sp³-hybridized carbons (Fsp3) is 0.120. The number of amides is 1. The van der Waals surface area contributed by atoms with Gasteiger partial charge in [0.2, 0.25) is 5.91 Å². The highest BCUT2D eigenvalue weighted by Gasteiger charge is 2.16. The third-order valence-electron chi connectivity index (χ3n) is 5.37. The number of fused-ring (bicyclic) bond motifs is 1. The lowest BCUT2D eigenvalue weighted by atomic mass is 10.0. The minimum absolute atomic E-state index is 0.0725. The van der Waals surface area contributed by atoms with E-state index in [0.717, 1.165) is 27.8 Å². The van der Waals surface area contributed by atoms with E-state index in [-0.39, 0.29) is 12.5 Å². The summed E-state index contributed by atoms with van der Waals surface area (Å²) in [6, 6.07) is 19.7. The van der Waals surface area contributed by atoms with Crippen molar-refractivity contribution in [3.8, 4) is 11.1 Å². The van der Waals surface area contributed by atoms with Crippen molar-refractivity contribution < 1.29 is 4.79 Å². The van der Waals surface area contributed by atoms with Gasteiger partial charge in [0, 0.05) is 23.5 Å². The Morgan fingerprint density at radius 1 is 1.06 bits per heavy atom. The molecule has 7 nitrogen and oxygen atoms in total. The molecule has 164 valence electrons. The number of anilines is 1. The van der Waals surface area contributed by atoms with E-state index in [1.807, 2.05) is 55.5 Å². The summed E-state index contributed by atoms with van der Waals surface area (Å²) in [5.74, 6) is -0.169. The molecule has 1 N–H and O–H groups in total. The number of pyridine rings is 1. The zero-order valence-corrected chi connectivity index (χ0v) is 18.7. The van der Waals surface area contributed by atoms with Crippen LogP contribution in [0.15, 0.2) is 79.3 Å². The maximum absolute atomic E-state index is 12.7. The van der Waals surface area contributed by atoms with E-state index in [4.69, 9.17) is 11.6 Å². The quantitative estimate of drug-likeness (QED) is 0.392. The number of aromatic nitrogens is 5. The fourth-order valence-electron chi connectivity index (χ4n) is 3.89. The van der Waals surface area contributed by atoms with Crippen molar-refractivity contribution >= 4 is 34.2 Å². The highest BCUT2D eigenvalue weighted by Crippen LogP contribution is 2.29. The number of hydrogen-bond donors (Lipinski definition) is 1. The van der Waals surface area contributed by atoms with E-state index in [0.29, 0.717) is 22.9 Å². The van der Waals surface area contributed by atoms with Gasteiger partial charge in [-0.2, -0.15) is 10.2 Å². The Morgan fingerprint density at radius 2 is 1.85 bits per heavy atom. The van der Waals surface area contributed by atoms with Crippen LogP contribution in [0.3, 0.4) is 0 Å². The van der Waals surface area contributed by atoms with Crippen LogP contribution < -0.4 is 5.32 Å². The Kier molecular flexibility index (Phi) is 5.62. The third kappa shape index (κ3) is 4.49. The molecule has 0 aliphatic heterocycles. The summed E-state index contributed by atoms with van der Waals surface area (Å²) in [6.45, 7) is 2.62. The molecule has 0 saturated heterocycles. The second-order valence-electron chi connectivity index (χ2n) is 7.77. The van der Waals surface area contributed by atoms with Crippen LogP contribution in [0.2, 0.25) is 5.02 Å². The van der Waals surface area contributed by atoms with Crippen molar-refractivity contribution in [2.75, 3.05) is 5.32 Å². The smallest absolute Gasteiger partial charge is 0.246 e. The van der Waals surface area contributed by atoms with Crippen molar-refractivity contribution in [3.63, 3.8) is 0 Å². The van der Waals surface area contributed by atoms with Crippen LogP contribution in [0, 0.1) is 6.92 Å². The lowest BCUT2D eigenvalue weighted by molar-refractivity contribution is -0.116. The van der Waals surface area contributed by atoms with Crippen LogP contribution in [-0.2, 0) is 17.9 Å². The van der Waals surface area contributed by atoms with E-state index < -0.39 is 0 Å². The zero-order chi connectivity index (χ0) is 22.8. The Bertz CT molecular complexity index is 1420. The van der Waals surface area contributed by atoms with Crippen molar-refractivity contribution in [2.24, 2.45) is 0 Å². The standard InChI is InChI=1S/C25H21ClN6O/c1-17-24-22(19-5-3-2-4-6-19)11-12-27-25(24)32(30-17)16-23(33)29-21-9-7-18(8-10-21)14-31-15-20(26)13-28-31/h2-13,15H,14,16H2,1H3,(H,29,33). The molecule has 0 atom stereocenters. The van der Waals surface area contributed by atoms with E-state index in [9.17, 15) is 4.79 Å². The number of hydrogen-bond acceptors (Lipinski definition) is 4. The van der Waals surface area contributed by atoms with Gasteiger partial charge >= 0.3 is 0 Å².